The average Bonchev–Trinajstić information content (AvgIpc) is 2.81. The van der Waals surface area contributed by atoms with Gasteiger partial charge >= 0.3 is 6.09 Å². The zero-order chi connectivity index (χ0) is 16.2. The Morgan fingerprint density at radius 3 is 2.55 bits per heavy atom. The fourth-order valence-corrected chi connectivity index (χ4v) is 2.21. The number of halogens is 1. The van der Waals surface area contributed by atoms with Gasteiger partial charge in [0.2, 0.25) is 0 Å². The molecule has 0 bridgehead atoms. The van der Waals surface area contributed by atoms with Crippen LogP contribution < -0.4 is 5.32 Å². The molecule has 1 aromatic heterocycles. The molecule has 1 aromatic carbocycles. The van der Waals surface area contributed by atoms with E-state index in [9.17, 15) is 4.79 Å². The number of nitrogens with one attached hydrogen (secondary N) is 1. The van der Waals surface area contributed by atoms with Crippen molar-refractivity contribution in [2.24, 2.45) is 0 Å². The minimum Gasteiger partial charge on any atom is -0.444 e. The van der Waals surface area contributed by atoms with Crippen LogP contribution in [0.2, 0.25) is 0 Å². The summed E-state index contributed by atoms with van der Waals surface area (Å²) in [7, 11) is 0. The molecule has 0 unspecified atom stereocenters. The van der Waals surface area contributed by atoms with Gasteiger partial charge in [0.1, 0.15) is 5.60 Å². The van der Waals surface area contributed by atoms with Crippen LogP contribution in [0.3, 0.4) is 0 Å². The van der Waals surface area contributed by atoms with Crippen molar-refractivity contribution in [2.45, 2.75) is 39.3 Å². The molecule has 6 heteroatoms. The van der Waals surface area contributed by atoms with Gasteiger partial charge in [0.05, 0.1) is 10.7 Å². The molecule has 0 spiro atoms. The molecule has 0 saturated heterocycles. The number of benzene rings is 1. The van der Waals surface area contributed by atoms with Crippen molar-refractivity contribution in [1.82, 2.24) is 9.78 Å². The van der Waals surface area contributed by atoms with Gasteiger partial charge in [-0.3, -0.25) is 10.00 Å². The third kappa shape index (κ3) is 5.52. The summed E-state index contributed by atoms with van der Waals surface area (Å²) in [4.78, 5) is 11.7. The van der Waals surface area contributed by atoms with Gasteiger partial charge in [-0.1, -0.05) is 12.1 Å². The van der Waals surface area contributed by atoms with Gasteiger partial charge < -0.3 is 4.74 Å². The van der Waals surface area contributed by atoms with E-state index in [4.69, 9.17) is 4.74 Å². The first-order valence-corrected chi connectivity index (χ1v) is 7.88. The second kappa shape index (κ2) is 6.96. The van der Waals surface area contributed by atoms with Crippen molar-refractivity contribution in [3.8, 4) is 0 Å². The summed E-state index contributed by atoms with van der Waals surface area (Å²) in [5.74, 6) is 0. The molecule has 0 fully saturated rings. The predicted molar refractivity (Wildman–Crippen MR) is 89.9 cm³/mol. The van der Waals surface area contributed by atoms with E-state index in [-0.39, 0.29) is 0 Å². The molecule has 2 aromatic rings. The van der Waals surface area contributed by atoms with Gasteiger partial charge in [-0.05, 0) is 60.8 Å². The Balaban J connectivity index is 1.86. The maximum absolute atomic E-state index is 11.7. The number of carbonyl (C=O) groups excluding carboxylic acids is 1. The molecular formula is C16H20BrN3O2. The van der Waals surface area contributed by atoms with Crippen LogP contribution in [0.5, 0.6) is 0 Å². The van der Waals surface area contributed by atoms with Crippen LogP contribution in [0.1, 0.15) is 26.3 Å². The highest BCUT2D eigenvalue weighted by molar-refractivity contribution is 9.10. The van der Waals surface area contributed by atoms with E-state index in [0.29, 0.717) is 0 Å². The van der Waals surface area contributed by atoms with Crippen LogP contribution in [0.4, 0.5) is 10.5 Å². The number of nitrogens with zero attached hydrogens (tertiary/aromatic N) is 2. The summed E-state index contributed by atoms with van der Waals surface area (Å²) in [6.45, 7) is 6.32. The van der Waals surface area contributed by atoms with Crippen LogP contribution >= 0.6 is 15.9 Å². The van der Waals surface area contributed by atoms with Gasteiger partial charge in [0, 0.05) is 18.4 Å². The van der Waals surface area contributed by atoms with E-state index in [1.165, 1.54) is 5.56 Å². The summed E-state index contributed by atoms with van der Waals surface area (Å²) in [6, 6.07) is 7.73. The number of ether oxygens (including phenoxy) is 1. The van der Waals surface area contributed by atoms with Crippen LogP contribution in [0.25, 0.3) is 0 Å². The number of amides is 1. The maximum Gasteiger partial charge on any atom is 0.412 e. The van der Waals surface area contributed by atoms with Crippen LogP contribution in [0, 0.1) is 0 Å². The zero-order valence-corrected chi connectivity index (χ0v) is 14.6. The van der Waals surface area contributed by atoms with Crippen molar-refractivity contribution in [3.63, 3.8) is 0 Å². The highest BCUT2D eigenvalue weighted by Gasteiger charge is 2.15. The molecule has 22 heavy (non-hydrogen) atoms. The fraction of sp³-hybridized carbons (Fsp3) is 0.375. The Labute approximate surface area is 138 Å². The molecule has 0 saturated carbocycles. The van der Waals surface area contributed by atoms with Crippen LogP contribution in [-0.4, -0.2) is 21.5 Å². The molecule has 1 amide bonds. The van der Waals surface area contributed by atoms with Crippen LogP contribution in [-0.2, 0) is 17.7 Å². The molecule has 5 nitrogen and oxygen atoms in total. The first-order valence-electron chi connectivity index (χ1n) is 7.09. The Hall–Kier alpha value is -1.82. The number of hydrogen-bond acceptors (Lipinski definition) is 3. The Kier molecular flexibility index (Phi) is 5.24. The second-order valence-electron chi connectivity index (χ2n) is 6.00. The minimum atomic E-state index is -0.498. The van der Waals surface area contributed by atoms with Gasteiger partial charge in [-0.2, -0.15) is 5.10 Å². The number of rotatable bonds is 4. The summed E-state index contributed by atoms with van der Waals surface area (Å²) < 4.78 is 8.08. The van der Waals surface area contributed by atoms with Crippen molar-refractivity contribution >= 4 is 27.7 Å². The Bertz CT molecular complexity index is 630. The smallest absolute Gasteiger partial charge is 0.412 e. The number of anilines is 1. The SMILES string of the molecule is CC(C)(C)OC(=O)Nc1ccc(CCn2cc(Br)cn2)cc1. The molecule has 118 valence electrons. The van der Waals surface area contributed by atoms with Crippen molar-refractivity contribution in [1.29, 1.82) is 0 Å². The first-order chi connectivity index (χ1) is 10.3. The van der Waals surface area contributed by atoms with E-state index in [2.05, 4.69) is 26.3 Å². The maximum atomic E-state index is 11.7. The monoisotopic (exact) mass is 365 g/mol. The molecule has 1 N–H and O–H groups in total. The van der Waals surface area contributed by atoms with Crippen LogP contribution in [0.15, 0.2) is 41.1 Å². The molecule has 0 aliphatic carbocycles. The molecule has 0 atom stereocenters. The Morgan fingerprint density at radius 1 is 1.32 bits per heavy atom. The predicted octanol–water partition coefficient (Wildman–Crippen LogP) is 4.24. The largest absolute Gasteiger partial charge is 0.444 e. The van der Waals surface area contributed by atoms with Crippen molar-refractivity contribution in [3.05, 3.63) is 46.7 Å². The standard InChI is InChI=1S/C16H20BrN3O2/c1-16(2,3)22-15(21)19-14-6-4-12(5-7-14)8-9-20-11-13(17)10-18-20/h4-7,10-11H,8-9H2,1-3H3,(H,19,21). The minimum absolute atomic E-state index is 0.443. The highest BCUT2D eigenvalue weighted by Crippen LogP contribution is 2.14. The quantitative estimate of drug-likeness (QED) is 0.881. The van der Waals surface area contributed by atoms with Gasteiger partial charge in [0.15, 0.2) is 0 Å². The normalized spacial score (nSPS) is 11.3. The lowest BCUT2D eigenvalue weighted by atomic mass is 10.1. The lowest BCUT2D eigenvalue weighted by Gasteiger charge is -2.19. The number of aromatic nitrogens is 2. The lowest BCUT2D eigenvalue weighted by molar-refractivity contribution is 0.0636. The van der Waals surface area contributed by atoms with Crippen molar-refractivity contribution < 1.29 is 9.53 Å². The lowest BCUT2D eigenvalue weighted by Crippen LogP contribution is -2.27. The molecule has 1 heterocycles. The Morgan fingerprint density at radius 2 is 2.00 bits per heavy atom. The molecular weight excluding hydrogens is 346 g/mol. The van der Waals surface area contributed by atoms with E-state index in [1.54, 1.807) is 6.20 Å². The summed E-state index contributed by atoms with van der Waals surface area (Å²) in [5.41, 5.74) is 1.41. The third-order valence-corrected chi connectivity index (χ3v) is 3.24. The summed E-state index contributed by atoms with van der Waals surface area (Å²) >= 11 is 3.38. The van der Waals surface area contributed by atoms with Gasteiger partial charge in [-0.25, -0.2) is 4.79 Å². The number of carbonyl (C=O) groups is 1. The topological polar surface area (TPSA) is 56.1 Å². The molecule has 2 rings (SSSR count). The van der Waals surface area contributed by atoms with Gasteiger partial charge in [0.25, 0.3) is 0 Å². The van der Waals surface area contributed by atoms with E-state index < -0.39 is 11.7 Å². The van der Waals surface area contributed by atoms with E-state index in [0.717, 1.165) is 23.1 Å². The highest BCUT2D eigenvalue weighted by atomic mass is 79.9. The number of hydrogen-bond donors (Lipinski definition) is 1. The summed E-state index contributed by atoms with van der Waals surface area (Å²) in [6.07, 6.45) is 4.15. The second-order valence-corrected chi connectivity index (χ2v) is 6.91. The summed E-state index contributed by atoms with van der Waals surface area (Å²) in [5, 5.41) is 6.94. The van der Waals surface area contributed by atoms with Crippen molar-refractivity contribution in [2.75, 3.05) is 5.32 Å². The first kappa shape index (κ1) is 16.5. The third-order valence-electron chi connectivity index (χ3n) is 2.83. The average molecular weight is 366 g/mol. The fourth-order valence-electron chi connectivity index (χ4n) is 1.88. The molecule has 0 radical (unpaired) electrons. The zero-order valence-electron chi connectivity index (χ0n) is 13.0. The molecule has 0 aliphatic heterocycles. The van der Waals surface area contributed by atoms with Gasteiger partial charge in [-0.15, -0.1) is 0 Å². The van der Waals surface area contributed by atoms with E-state index in [1.807, 2.05) is 55.9 Å². The number of aryl methyl sites for hydroxylation is 2. The van der Waals surface area contributed by atoms with E-state index >= 15 is 0 Å². The molecule has 0 aliphatic rings.